The summed E-state index contributed by atoms with van der Waals surface area (Å²) in [6.07, 6.45) is 1.39. The van der Waals surface area contributed by atoms with Crippen LogP contribution in [-0.2, 0) is 4.74 Å². The molecule has 1 N–H and O–H groups in total. The van der Waals surface area contributed by atoms with Crippen molar-refractivity contribution in [1.29, 1.82) is 0 Å². The van der Waals surface area contributed by atoms with Crippen molar-refractivity contribution < 1.29 is 27.0 Å². The first-order chi connectivity index (χ1) is 15.8. The van der Waals surface area contributed by atoms with E-state index in [2.05, 4.69) is 25.2 Å². The number of halogens is 4. The van der Waals surface area contributed by atoms with Crippen LogP contribution in [0, 0.1) is 11.6 Å². The molecule has 3 aromatic rings. The van der Waals surface area contributed by atoms with Gasteiger partial charge in [0.2, 0.25) is 0 Å². The summed E-state index contributed by atoms with van der Waals surface area (Å²) in [7, 11) is 0. The Hall–Kier alpha value is -3.47. The lowest BCUT2D eigenvalue weighted by Crippen LogP contribution is -2.45. The average Bonchev–Trinajstić information content (AvgIpc) is 2.76. The molecule has 1 saturated heterocycles. The fraction of sp³-hybridized carbons (Fsp3) is 0.318. The number of hydrogen-bond donors (Lipinski definition) is 1. The van der Waals surface area contributed by atoms with Gasteiger partial charge in [-0.15, -0.1) is 5.10 Å². The molecule has 0 saturated carbocycles. The van der Waals surface area contributed by atoms with Crippen molar-refractivity contribution in [2.45, 2.75) is 32.7 Å². The lowest BCUT2D eigenvalue weighted by atomic mass is 10.1. The number of hydrogen-bond acceptors (Lipinski definition) is 7. The zero-order valence-electron chi connectivity index (χ0n) is 17.8. The van der Waals surface area contributed by atoms with Crippen molar-refractivity contribution in [1.82, 2.24) is 15.2 Å². The zero-order valence-corrected chi connectivity index (χ0v) is 17.8. The van der Waals surface area contributed by atoms with E-state index in [1.165, 1.54) is 24.4 Å². The van der Waals surface area contributed by atoms with Gasteiger partial charge < -0.3 is 19.7 Å². The third kappa shape index (κ3) is 5.48. The number of pyridine rings is 1. The van der Waals surface area contributed by atoms with E-state index in [0.717, 1.165) is 12.1 Å². The third-order valence-corrected chi connectivity index (χ3v) is 4.96. The summed E-state index contributed by atoms with van der Waals surface area (Å²) in [5.41, 5.74) is 0.785. The molecule has 7 nitrogen and oxygen atoms in total. The Morgan fingerprint density at radius 2 is 1.79 bits per heavy atom. The first kappa shape index (κ1) is 22.7. The van der Waals surface area contributed by atoms with E-state index < -0.39 is 24.0 Å². The molecule has 11 heteroatoms. The minimum absolute atomic E-state index is 0.0115. The van der Waals surface area contributed by atoms with E-state index in [0.29, 0.717) is 30.0 Å². The number of anilines is 3. The Morgan fingerprint density at radius 3 is 2.48 bits per heavy atom. The second kappa shape index (κ2) is 9.57. The first-order valence-electron chi connectivity index (χ1n) is 10.2. The van der Waals surface area contributed by atoms with Crippen LogP contribution in [0.3, 0.4) is 0 Å². The van der Waals surface area contributed by atoms with E-state index >= 15 is 0 Å². The van der Waals surface area contributed by atoms with Gasteiger partial charge in [-0.25, -0.2) is 13.8 Å². The van der Waals surface area contributed by atoms with Gasteiger partial charge in [0.05, 0.1) is 18.4 Å². The molecule has 1 aliphatic rings. The van der Waals surface area contributed by atoms with E-state index in [1.54, 1.807) is 6.07 Å². The summed E-state index contributed by atoms with van der Waals surface area (Å²) in [6.45, 7) is 2.03. The number of ether oxygens (including phenoxy) is 2. The van der Waals surface area contributed by atoms with Crippen LogP contribution < -0.4 is 15.0 Å². The number of aromatic nitrogens is 3. The van der Waals surface area contributed by atoms with Gasteiger partial charge in [0.25, 0.3) is 0 Å². The number of nitrogens with zero attached hydrogens (tertiary/aromatic N) is 4. The predicted octanol–water partition coefficient (Wildman–Crippen LogP) is 4.78. The first-order valence-corrected chi connectivity index (χ1v) is 10.2. The summed E-state index contributed by atoms with van der Waals surface area (Å²) in [4.78, 5) is 6.40. The van der Waals surface area contributed by atoms with E-state index in [1.807, 2.05) is 18.7 Å². The molecular weight excluding hydrogens is 442 g/mol. The maximum Gasteiger partial charge on any atom is 0.387 e. The summed E-state index contributed by atoms with van der Waals surface area (Å²) < 4.78 is 63.1. The average molecular weight is 463 g/mol. The highest BCUT2D eigenvalue weighted by molar-refractivity contribution is 5.68. The smallest absolute Gasteiger partial charge is 0.387 e. The molecule has 0 radical (unpaired) electrons. The molecule has 0 bridgehead atoms. The molecule has 0 aliphatic carbocycles. The Labute approximate surface area is 187 Å². The minimum Gasteiger partial charge on any atom is -0.432 e. The highest BCUT2D eigenvalue weighted by Crippen LogP contribution is 2.28. The fourth-order valence-corrected chi connectivity index (χ4v) is 3.64. The quantitative estimate of drug-likeness (QED) is 0.528. The Morgan fingerprint density at radius 1 is 1.03 bits per heavy atom. The van der Waals surface area contributed by atoms with Crippen molar-refractivity contribution >= 4 is 17.5 Å². The maximum absolute atomic E-state index is 14.5. The van der Waals surface area contributed by atoms with Gasteiger partial charge in [-0.1, -0.05) is 6.07 Å². The Bertz CT molecular complexity index is 1120. The second-order valence-corrected chi connectivity index (χ2v) is 7.64. The number of alkyl halides is 2. The molecule has 0 spiro atoms. The SMILES string of the molecule is C[C@@H]1CN(c2ccc(F)c(Nc3cc(-c4ccc(OC(F)F)c(F)c4)cnn3)n2)C[C@H](C)O1. The second-order valence-electron chi connectivity index (χ2n) is 7.64. The molecule has 174 valence electrons. The van der Waals surface area contributed by atoms with Gasteiger partial charge >= 0.3 is 6.61 Å². The van der Waals surface area contributed by atoms with Crippen molar-refractivity contribution in [3.05, 3.63) is 54.2 Å². The van der Waals surface area contributed by atoms with Crippen molar-refractivity contribution in [2.75, 3.05) is 23.3 Å². The lowest BCUT2D eigenvalue weighted by molar-refractivity contribution is -0.0521. The molecule has 1 aromatic carbocycles. The van der Waals surface area contributed by atoms with Gasteiger partial charge in [-0.3, -0.25) is 0 Å². The van der Waals surface area contributed by atoms with Crippen LogP contribution in [0.15, 0.2) is 42.6 Å². The largest absolute Gasteiger partial charge is 0.432 e. The highest BCUT2D eigenvalue weighted by Gasteiger charge is 2.24. The molecule has 0 unspecified atom stereocenters. The third-order valence-electron chi connectivity index (χ3n) is 4.96. The topological polar surface area (TPSA) is 72.4 Å². The normalized spacial score (nSPS) is 18.5. The molecule has 0 amide bonds. The summed E-state index contributed by atoms with van der Waals surface area (Å²) in [5, 5.41) is 10.6. The van der Waals surface area contributed by atoms with Gasteiger partial charge in [-0.05, 0) is 49.7 Å². The van der Waals surface area contributed by atoms with Crippen LogP contribution in [0.5, 0.6) is 5.75 Å². The van der Waals surface area contributed by atoms with Crippen molar-refractivity contribution in [3.63, 3.8) is 0 Å². The summed E-state index contributed by atoms with van der Waals surface area (Å²) in [6, 6.07) is 7.96. The van der Waals surface area contributed by atoms with Crippen LogP contribution >= 0.6 is 0 Å². The van der Waals surface area contributed by atoms with Gasteiger partial charge in [0.1, 0.15) is 5.82 Å². The van der Waals surface area contributed by atoms with Crippen LogP contribution in [0.25, 0.3) is 11.1 Å². The molecule has 33 heavy (non-hydrogen) atoms. The number of morpholine rings is 1. The molecule has 1 aliphatic heterocycles. The van der Waals surface area contributed by atoms with Crippen molar-refractivity contribution in [2.24, 2.45) is 0 Å². The monoisotopic (exact) mass is 463 g/mol. The lowest BCUT2D eigenvalue weighted by Gasteiger charge is -2.36. The Balaban J connectivity index is 1.56. The standard InChI is InChI=1S/C22H21F4N5O2/c1-12-10-31(11-13(2)32-12)20-6-4-16(23)21(29-20)28-19-8-15(9-27-30-19)14-3-5-18(17(24)7-14)33-22(25)26/h3-9,12-13,22H,10-11H2,1-2H3,(H,28,29,30)/t12-,13+. The summed E-state index contributed by atoms with van der Waals surface area (Å²) >= 11 is 0. The van der Waals surface area contributed by atoms with Gasteiger partial charge in [-0.2, -0.15) is 13.9 Å². The molecule has 4 rings (SSSR count). The molecular formula is C22H21F4N5O2. The zero-order chi connectivity index (χ0) is 23.5. The van der Waals surface area contributed by atoms with E-state index in [-0.39, 0.29) is 23.8 Å². The molecule has 1 fully saturated rings. The maximum atomic E-state index is 14.5. The number of benzene rings is 1. The van der Waals surface area contributed by atoms with Gasteiger partial charge in [0, 0.05) is 18.7 Å². The highest BCUT2D eigenvalue weighted by atomic mass is 19.3. The van der Waals surface area contributed by atoms with Crippen LogP contribution in [0.4, 0.5) is 35.0 Å². The van der Waals surface area contributed by atoms with E-state index in [9.17, 15) is 17.6 Å². The number of rotatable bonds is 6. The molecule has 2 atom stereocenters. The van der Waals surface area contributed by atoms with Crippen LogP contribution in [0.2, 0.25) is 0 Å². The minimum atomic E-state index is -3.13. The Kier molecular flexibility index (Phi) is 6.59. The fourth-order valence-electron chi connectivity index (χ4n) is 3.64. The van der Waals surface area contributed by atoms with E-state index in [4.69, 9.17) is 4.74 Å². The molecule has 3 heterocycles. The molecule has 2 aromatic heterocycles. The van der Waals surface area contributed by atoms with Crippen LogP contribution in [0.1, 0.15) is 13.8 Å². The predicted molar refractivity (Wildman–Crippen MR) is 114 cm³/mol. The van der Waals surface area contributed by atoms with Gasteiger partial charge in [0.15, 0.2) is 29.0 Å². The number of nitrogens with one attached hydrogen (secondary N) is 1. The summed E-state index contributed by atoms with van der Waals surface area (Å²) in [5.74, 6) is -1.38. The van der Waals surface area contributed by atoms with Crippen LogP contribution in [-0.4, -0.2) is 47.1 Å². The van der Waals surface area contributed by atoms with Crippen molar-refractivity contribution in [3.8, 4) is 16.9 Å².